The summed E-state index contributed by atoms with van der Waals surface area (Å²) in [7, 11) is 1.80. The van der Waals surface area contributed by atoms with E-state index in [9.17, 15) is 24.0 Å². The highest BCUT2D eigenvalue weighted by Gasteiger charge is 2.34. The van der Waals surface area contributed by atoms with Gasteiger partial charge >= 0.3 is 5.97 Å². The molecule has 4 aromatic carbocycles. The Kier molecular flexibility index (Phi) is 14.8. The van der Waals surface area contributed by atoms with Gasteiger partial charge in [0, 0.05) is 74.8 Å². The van der Waals surface area contributed by atoms with E-state index in [-0.39, 0.29) is 54.4 Å². The molecule has 17 nitrogen and oxygen atoms in total. The predicted octanol–water partition coefficient (Wildman–Crippen LogP) is 8.65. The van der Waals surface area contributed by atoms with Crippen molar-refractivity contribution in [1.29, 1.82) is 0 Å². The van der Waals surface area contributed by atoms with Crippen molar-refractivity contribution >= 4 is 78.7 Å². The van der Waals surface area contributed by atoms with Gasteiger partial charge in [-0.25, -0.2) is 14.8 Å². The van der Waals surface area contributed by atoms with Crippen LogP contribution < -0.4 is 25.6 Å². The molecule has 6 heterocycles. The first-order valence-electron chi connectivity index (χ1n) is 26.0. The number of piperidine rings is 1. The molecule has 1 unspecified atom stereocenters. The Morgan fingerprint density at radius 2 is 1.64 bits per heavy atom. The number of piperazine rings is 1. The minimum absolute atomic E-state index is 0.116. The number of fused-ring (bicyclic) bond motifs is 3. The maximum absolute atomic E-state index is 14.1. The number of hydrogen-bond donors (Lipinski definition) is 3. The zero-order valence-electron chi connectivity index (χ0n) is 44.1. The van der Waals surface area contributed by atoms with E-state index in [1.807, 2.05) is 113 Å². The number of aryl methyl sites for hydroxylation is 1. The summed E-state index contributed by atoms with van der Waals surface area (Å²) in [6, 6.07) is 29.2. The highest BCUT2D eigenvalue weighted by molar-refractivity contribution is 7.22. The number of nitrogens with zero attached hydrogens (tertiary/aromatic N) is 7. The summed E-state index contributed by atoms with van der Waals surface area (Å²) in [5.74, 6) is -0.728. The van der Waals surface area contributed by atoms with Gasteiger partial charge in [-0.3, -0.25) is 39.4 Å². The van der Waals surface area contributed by atoms with E-state index in [2.05, 4.69) is 60.6 Å². The average molecular weight is 1050 g/mol. The molecule has 3 aliphatic rings. The second-order valence-electron chi connectivity index (χ2n) is 21.1. The van der Waals surface area contributed by atoms with Crippen LogP contribution in [0.4, 0.5) is 16.6 Å². The van der Waals surface area contributed by atoms with E-state index in [0.29, 0.717) is 71.7 Å². The number of esters is 1. The molecule has 3 atom stereocenters. The predicted molar refractivity (Wildman–Crippen MR) is 295 cm³/mol. The molecular formula is C58H64N10O7S. The molecule has 0 bridgehead atoms. The zero-order chi connectivity index (χ0) is 53.4. The van der Waals surface area contributed by atoms with Gasteiger partial charge in [-0.1, -0.05) is 59.9 Å². The lowest BCUT2D eigenvalue weighted by atomic mass is 9.92. The SMILES string of the molecule is Cc1c(OCCCN2C[C@@H](C)N(CC(=O)Nc3cccc4c(C5CCC(=O)NC5=O)nn(C)c34)[C@@H](C)C2)cccc1-c1ccc(N2CCc3cccc(C(=O)Nc4nc5ccccc5s4)c3C2)nc1C(=O)OC(C)(C)C. The van der Waals surface area contributed by atoms with Crippen LogP contribution in [0.1, 0.15) is 103 Å². The summed E-state index contributed by atoms with van der Waals surface area (Å²) in [4.78, 5) is 82.5. The quantitative estimate of drug-likeness (QED) is 0.0533. The number of rotatable bonds is 14. The van der Waals surface area contributed by atoms with Gasteiger partial charge in [-0.15, -0.1) is 0 Å². The van der Waals surface area contributed by atoms with E-state index >= 15 is 0 Å². The monoisotopic (exact) mass is 1040 g/mol. The second-order valence-corrected chi connectivity index (χ2v) is 22.2. The Bertz CT molecular complexity index is 3350. The lowest BCUT2D eigenvalue weighted by Gasteiger charge is -2.44. The van der Waals surface area contributed by atoms with Crippen molar-refractivity contribution < 1.29 is 33.4 Å². The van der Waals surface area contributed by atoms with Gasteiger partial charge in [-0.2, -0.15) is 5.10 Å². The molecule has 3 aromatic heterocycles. The third kappa shape index (κ3) is 11.1. The Hall–Kier alpha value is -7.54. The standard InChI is InChI=1S/C58H64N10O7S/c1-34-30-66(31-35(2)68(34)33-50(70)59-45-19-11-17-41-51(64-65(7)53(41)45)42-23-25-49(69)62-55(42)72)27-13-29-74-46-20-12-15-38(36(46)3)39-22-24-48(61-52(39)56(73)75-58(4,5)6)67-28-26-37-14-10-16-40(43(37)32-67)54(71)63-57-60-44-18-8-9-21-47(44)76-57/h8-12,14-22,24,34-35,42H,13,23,25-33H2,1-7H3,(H,59,70)(H,60,63,71)(H,62,69,72)/t34-,35+,42?. The van der Waals surface area contributed by atoms with Gasteiger partial charge in [0.05, 0.1) is 46.2 Å². The number of carbonyl (C=O) groups is 5. The molecule has 3 N–H and O–H groups in total. The molecule has 3 aliphatic heterocycles. The molecule has 2 saturated heterocycles. The number of thiazole rings is 1. The first-order chi connectivity index (χ1) is 36.5. The van der Waals surface area contributed by atoms with Crippen LogP contribution in [0.5, 0.6) is 5.75 Å². The van der Waals surface area contributed by atoms with Crippen molar-refractivity contribution in [2.24, 2.45) is 7.05 Å². The Labute approximate surface area is 446 Å². The number of ether oxygens (including phenoxy) is 2. The molecule has 0 aliphatic carbocycles. The Balaban J connectivity index is 0.768. The Morgan fingerprint density at radius 3 is 2.42 bits per heavy atom. The van der Waals surface area contributed by atoms with Gasteiger partial charge in [0.2, 0.25) is 17.7 Å². The fourth-order valence-electron chi connectivity index (χ4n) is 10.9. The van der Waals surface area contributed by atoms with Crippen LogP contribution in [0.3, 0.4) is 0 Å². The van der Waals surface area contributed by atoms with Crippen LogP contribution in [0.15, 0.2) is 91.0 Å². The van der Waals surface area contributed by atoms with Crippen molar-refractivity contribution in [3.63, 3.8) is 0 Å². The van der Waals surface area contributed by atoms with Crippen LogP contribution >= 0.6 is 11.3 Å². The third-order valence-corrected chi connectivity index (χ3v) is 15.5. The number of benzene rings is 4. The molecule has 0 saturated carbocycles. The number of nitrogens with one attached hydrogen (secondary N) is 3. The molecule has 0 spiro atoms. The highest BCUT2D eigenvalue weighted by Crippen LogP contribution is 2.37. The Morgan fingerprint density at radius 1 is 0.868 bits per heavy atom. The van der Waals surface area contributed by atoms with Crippen molar-refractivity contribution in [1.82, 2.24) is 34.9 Å². The number of hydrogen-bond acceptors (Lipinski definition) is 14. The number of aromatic nitrogens is 4. The smallest absolute Gasteiger partial charge is 0.358 e. The van der Waals surface area contributed by atoms with Crippen molar-refractivity contribution in [3.8, 4) is 16.9 Å². The van der Waals surface area contributed by atoms with Crippen molar-refractivity contribution in [3.05, 3.63) is 125 Å². The molecule has 18 heteroatoms. The van der Waals surface area contributed by atoms with Crippen molar-refractivity contribution in [2.45, 2.75) is 97.4 Å². The fraction of sp³-hybridized carbons (Fsp3) is 0.379. The summed E-state index contributed by atoms with van der Waals surface area (Å²) < 4.78 is 15.1. The van der Waals surface area contributed by atoms with Gasteiger partial charge in [-0.05, 0) is 126 Å². The summed E-state index contributed by atoms with van der Waals surface area (Å²) in [5, 5.41) is 14.6. The maximum Gasteiger partial charge on any atom is 0.358 e. The first-order valence-corrected chi connectivity index (χ1v) is 26.9. The summed E-state index contributed by atoms with van der Waals surface area (Å²) in [5.41, 5.74) is 7.12. The third-order valence-electron chi connectivity index (χ3n) is 14.5. The van der Waals surface area contributed by atoms with Gasteiger partial charge in [0.1, 0.15) is 17.2 Å². The molecule has 394 valence electrons. The van der Waals surface area contributed by atoms with Crippen LogP contribution in [0.25, 0.3) is 32.2 Å². The fourth-order valence-corrected chi connectivity index (χ4v) is 11.8. The second kappa shape index (κ2) is 21.6. The van der Waals surface area contributed by atoms with Gasteiger partial charge in [0.15, 0.2) is 10.8 Å². The minimum Gasteiger partial charge on any atom is -0.493 e. The maximum atomic E-state index is 14.1. The molecular weight excluding hydrogens is 981 g/mol. The van der Waals surface area contributed by atoms with Gasteiger partial charge in [0.25, 0.3) is 5.91 Å². The largest absolute Gasteiger partial charge is 0.493 e. The molecule has 7 aromatic rings. The van der Waals surface area contributed by atoms with Crippen LogP contribution in [-0.4, -0.2) is 116 Å². The normalized spacial score (nSPS) is 18.4. The lowest BCUT2D eigenvalue weighted by molar-refractivity contribution is -0.134. The van der Waals surface area contributed by atoms with E-state index in [4.69, 9.17) is 14.5 Å². The summed E-state index contributed by atoms with van der Waals surface area (Å²) in [6.07, 6.45) is 2.12. The molecule has 0 radical (unpaired) electrons. The number of para-hydroxylation sites is 2. The number of carbonyl (C=O) groups excluding carboxylic acids is 5. The van der Waals surface area contributed by atoms with Gasteiger partial charge < -0.3 is 24.6 Å². The highest BCUT2D eigenvalue weighted by atomic mass is 32.1. The molecule has 10 rings (SSSR count). The van der Waals surface area contributed by atoms with E-state index in [1.165, 1.54) is 11.3 Å². The zero-order valence-corrected chi connectivity index (χ0v) is 44.9. The van der Waals surface area contributed by atoms with E-state index < -0.39 is 17.5 Å². The lowest BCUT2D eigenvalue weighted by Crippen LogP contribution is -2.58. The molecule has 4 amide bonds. The number of imide groups is 1. The number of anilines is 3. The summed E-state index contributed by atoms with van der Waals surface area (Å²) in [6.45, 7) is 16.0. The summed E-state index contributed by atoms with van der Waals surface area (Å²) >= 11 is 1.44. The van der Waals surface area contributed by atoms with Crippen LogP contribution in [0, 0.1) is 6.92 Å². The van der Waals surface area contributed by atoms with E-state index in [0.717, 1.165) is 69.4 Å². The van der Waals surface area contributed by atoms with Crippen LogP contribution in [0.2, 0.25) is 0 Å². The minimum atomic E-state index is -0.761. The average Bonchev–Trinajstić information content (AvgIpc) is 3.99. The number of amides is 4. The topological polar surface area (TPSA) is 193 Å². The van der Waals surface area contributed by atoms with Crippen molar-refractivity contribution in [2.75, 3.05) is 54.9 Å². The van der Waals surface area contributed by atoms with Crippen LogP contribution in [-0.2, 0) is 39.1 Å². The first kappa shape index (κ1) is 51.9. The molecule has 2 fully saturated rings. The van der Waals surface area contributed by atoms with E-state index in [1.54, 1.807) is 11.7 Å². The molecule has 76 heavy (non-hydrogen) atoms. The number of pyridine rings is 1.